The lowest BCUT2D eigenvalue weighted by Crippen LogP contribution is -2.46. The van der Waals surface area contributed by atoms with E-state index in [2.05, 4.69) is 15.3 Å². The Morgan fingerprint density at radius 2 is 2.21 bits per heavy atom. The van der Waals surface area contributed by atoms with Crippen LogP contribution < -0.4 is 10.1 Å². The van der Waals surface area contributed by atoms with Crippen LogP contribution in [-0.2, 0) is 4.79 Å². The summed E-state index contributed by atoms with van der Waals surface area (Å²) in [4.78, 5) is 19.1. The van der Waals surface area contributed by atoms with Crippen LogP contribution in [0, 0.1) is 0 Å². The van der Waals surface area contributed by atoms with Gasteiger partial charge in [-0.1, -0.05) is 11.6 Å². The molecule has 1 aliphatic heterocycles. The zero-order valence-electron chi connectivity index (χ0n) is 7.67. The summed E-state index contributed by atoms with van der Waals surface area (Å²) in [5.41, 5.74) is -0.943. The summed E-state index contributed by atoms with van der Waals surface area (Å²) < 4.78 is 5.39. The summed E-state index contributed by atoms with van der Waals surface area (Å²) in [6.45, 7) is 3.29. The minimum Gasteiger partial charge on any atom is -0.471 e. The van der Waals surface area contributed by atoms with E-state index in [1.165, 1.54) is 6.33 Å². The summed E-state index contributed by atoms with van der Waals surface area (Å²) in [6, 6.07) is 0. The maximum absolute atomic E-state index is 11.5. The molecule has 0 aliphatic carbocycles. The van der Waals surface area contributed by atoms with Crippen LogP contribution in [0.5, 0.6) is 5.75 Å². The van der Waals surface area contributed by atoms with E-state index in [4.69, 9.17) is 16.3 Å². The number of anilines is 1. The molecule has 0 fully saturated rings. The third-order valence-corrected chi connectivity index (χ3v) is 2.17. The van der Waals surface area contributed by atoms with Crippen molar-refractivity contribution in [3.63, 3.8) is 0 Å². The summed E-state index contributed by atoms with van der Waals surface area (Å²) >= 11 is 5.79. The number of carbonyl (C=O) groups excluding carboxylic acids is 1. The average Bonchev–Trinajstić information content (AvgIpc) is 2.09. The van der Waals surface area contributed by atoms with Crippen LogP contribution >= 0.6 is 11.6 Å². The molecule has 2 rings (SSSR count). The van der Waals surface area contributed by atoms with Gasteiger partial charge in [-0.25, -0.2) is 9.97 Å². The van der Waals surface area contributed by atoms with Crippen molar-refractivity contribution in [2.45, 2.75) is 19.4 Å². The fraction of sp³-hybridized carbons (Fsp3) is 0.375. The van der Waals surface area contributed by atoms with Gasteiger partial charge >= 0.3 is 0 Å². The molecule has 0 saturated heterocycles. The molecule has 0 saturated carbocycles. The second-order valence-corrected chi connectivity index (χ2v) is 3.77. The highest BCUT2D eigenvalue weighted by Crippen LogP contribution is 2.35. The van der Waals surface area contributed by atoms with E-state index in [1.807, 2.05) is 0 Å². The van der Waals surface area contributed by atoms with Gasteiger partial charge in [0.2, 0.25) is 5.75 Å². The van der Waals surface area contributed by atoms with Crippen LogP contribution in [0.2, 0.25) is 5.15 Å². The number of amides is 1. The van der Waals surface area contributed by atoms with Crippen molar-refractivity contribution in [2.24, 2.45) is 0 Å². The first-order valence-corrected chi connectivity index (χ1v) is 4.39. The lowest BCUT2D eigenvalue weighted by molar-refractivity contribution is -0.129. The van der Waals surface area contributed by atoms with E-state index in [0.29, 0.717) is 11.6 Å². The van der Waals surface area contributed by atoms with Crippen molar-refractivity contribution < 1.29 is 9.53 Å². The highest BCUT2D eigenvalue weighted by Gasteiger charge is 2.37. The highest BCUT2D eigenvalue weighted by molar-refractivity contribution is 6.31. The molecule has 6 heteroatoms. The monoisotopic (exact) mass is 213 g/mol. The molecule has 0 atom stereocenters. The number of fused-ring (bicyclic) bond motifs is 1. The van der Waals surface area contributed by atoms with E-state index in [9.17, 15) is 4.79 Å². The normalized spacial score (nSPS) is 18.1. The number of hydrogen-bond acceptors (Lipinski definition) is 4. The number of ether oxygens (including phenoxy) is 1. The molecule has 1 N–H and O–H groups in total. The van der Waals surface area contributed by atoms with E-state index in [0.717, 1.165) is 0 Å². The standard InChI is InChI=1S/C8H8ClN3O2/c1-8(2)7(13)12-6-4(14-8)5(9)10-3-11-6/h3H,1-2H3,(H,10,11,12,13). The van der Waals surface area contributed by atoms with Crippen molar-refractivity contribution in [3.8, 4) is 5.75 Å². The van der Waals surface area contributed by atoms with Crippen molar-refractivity contribution in [1.82, 2.24) is 9.97 Å². The van der Waals surface area contributed by atoms with Gasteiger partial charge in [-0.05, 0) is 13.8 Å². The Morgan fingerprint density at radius 1 is 1.50 bits per heavy atom. The quantitative estimate of drug-likeness (QED) is 0.659. The van der Waals surface area contributed by atoms with Gasteiger partial charge in [-0.15, -0.1) is 0 Å². The molecule has 0 unspecified atom stereocenters. The van der Waals surface area contributed by atoms with E-state index in [1.54, 1.807) is 13.8 Å². The van der Waals surface area contributed by atoms with Crippen LogP contribution in [0.1, 0.15) is 13.8 Å². The number of carbonyl (C=O) groups is 1. The highest BCUT2D eigenvalue weighted by atomic mass is 35.5. The van der Waals surface area contributed by atoms with Crippen molar-refractivity contribution >= 4 is 23.3 Å². The number of aromatic nitrogens is 2. The summed E-state index contributed by atoms with van der Waals surface area (Å²) in [6.07, 6.45) is 1.27. The van der Waals surface area contributed by atoms with Gasteiger partial charge in [-0.2, -0.15) is 0 Å². The van der Waals surface area contributed by atoms with Gasteiger partial charge in [0.1, 0.15) is 6.33 Å². The van der Waals surface area contributed by atoms with E-state index < -0.39 is 5.60 Å². The summed E-state index contributed by atoms with van der Waals surface area (Å²) in [5.74, 6) is 0.382. The first-order chi connectivity index (χ1) is 6.50. The van der Waals surface area contributed by atoms with Crippen molar-refractivity contribution in [1.29, 1.82) is 0 Å². The fourth-order valence-electron chi connectivity index (χ4n) is 1.09. The first kappa shape index (κ1) is 9.21. The molecule has 0 spiro atoms. The topological polar surface area (TPSA) is 64.1 Å². The number of nitrogens with one attached hydrogen (secondary N) is 1. The number of hydrogen-bond donors (Lipinski definition) is 1. The molecular weight excluding hydrogens is 206 g/mol. The Kier molecular flexibility index (Phi) is 1.85. The molecule has 2 heterocycles. The zero-order chi connectivity index (χ0) is 10.3. The molecule has 1 aromatic heterocycles. The SMILES string of the molecule is CC1(C)Oc2c(Cl)ncnc2NC1=O. The minimum atomic E-state index is -0.943. The second kappa shape index (κ2) is 2.81. The molecule has 0 bridgehead atoms. The maximum Gasteiger partial charge on any atom is 0.269 e. The van der Waals surface area contributed by atoms with E-state index in [-0.39, 0.29) is 11.1 Å². The third kappa shape index (κ3) is 1.29. The molecule has 5 nitrogen and oxygen atoms in total. The van der Waals surface area contributed by atoms with Gasteiger partial charge < -0.3 is 10.1 Å². The van der Waals surface area contributed by atoms with Crippen molar-refractivity contribution in [3.05, 3.63) is 11.5 Å². The predicted octanol–water partition coefficient (Wildman–Crippen LogP) is 1.24. The lowest BCUT2D eigenvalue weighted by Gasteiger charge is -2.30. The van der Waals surface area contributed by atoms with Crippen LogP contribution in [0.4, 0.5) is 5.82 Å². The maximum atomic E-state index is 11.5. The Hall–Kier alpha value is -1.36. The molecule has 1 aliphatic rings. The van der Waals surface area contributed by atoms with Gasteiger partial charge in [0.25, 0.3) is 5.91 Å². The van der Waals surface area contributed by atoms with Gasteiger partial charge in [0, 0.05) is 0 Å². The van der Waals surface area contributed by atoms with Crippen LogP contribution in [0.25, 0.3) is 0 Å². The van der Waals surface area contributed by atoms with Crippen LogP contribution in [0.3, 0.4) is 0 Å². The fourth-order valence-corrected chi connectivity index (χ4v) is 1.26. The largest absolute Gasteiger partial charge is 0.471 e. The molecule has 0 radical (unpaired) electrons. The summed E-state index contributed by atoms with van der Waals surface area (Å²) in [5, 5.41) is 2.79. The Morgan fingerprint density at radius 3 is 2.93 bits per heavy atom. The Bertz CT molecular complexity index is 406. The second-order valence-electron chi connectivity index (χ2n) is 3.41. The minimum absolute atomic E-state index is 0.197. The molecular formula is C8H8ClN3O2. The Balaban J connectivity index is 2.51. The van der Waals surface area contributed by atoms with E-state index >= 15 is 0 Å². The molecule has 14 heavy (non-hydrogen) atoms. The van der Waals surface area contributed by atoms with Gasteiger partial charge in [0.15, 0.2) is 16.6 Å². The first-order valence-electron chi connectivity index (χ1n) is 4.01. The summed E-state index contributed by atoms with van der Waals surface area (Å²) in [7, 11) is 0. The third-order valence-electron chi connectivity index (χ3n) is 1.90. The van der Waals surface area contributed by atoms with Crippen LogP contribution in [-0.4, -0.2) is 21.5 Å². The van der Waals surface area contributed by atoms with Crippen LogP contribution in [0.15, 0.2) is 6.33 Å². The predicted molar refractivity (Wildman–Crippen MR) is 50.4 cm³/mol. The number of rotatable bonds is 0. The molecule has 1 aromatic rings. The number of nitrogens with zero attached hydrogens (tertiary/aromatic N) is 2. The molecule has 1 amide bonds. The molecule has 74 valence electrons. The zero-order valence-corrected chi connectivity index (χ0v) is 8.42. The van der Waals surface area contributed by atoms with Gasteiger partial charge in [-0.3, -0.25) is 4.79 Å². The lowest BCUT2D eigenvalue weighted by atomic mass is 10.1. The van der Waals surface area contributed by atoms with Gasteiger partial charge in [0.05, 0.1) is 0 Å². The Labute approximate surface area is 85.5 Å². The van der Waals surface area contributed by atoms with Crippen molar-refractivity contribution in [2.75, 3.05) is 5.32 Å². The average molecular weight is 214 g/mol. The smallest absolute Gasteiger partial charge is 0.269 e. The number of halogens is 1. The molecule has 0 aromatic carbocycles.